The zero-order valence-corrected chi connectivity index (χ0v) is 12.2. The summed E-state index contributed by atoms with van der Waals surface area (Å²) in [7, 11) is 0. The Balaban J connectivity index is 0.000000771. The Bertz CT molecular complexity index is 458. The molecule has 2 rings (SSSR count). The van der Waals surface area contributed by atoms with Crippen molar-refractivity contribution < 1.29 is 0 Å². The van der Waals surface area contributed by atoms with E-state index in [-0.39, 0.29) is 0 Å². The van der Waals surface area contributed by atoms with Crippen molar-refractivity contribution in [2.45, 2.75) is 41.0 Å². The molecule has 18 heavy (non-hydrogen) atoms. The molecule has 0 bridgehead atoms. The number of aryl methyl sites for hydroxylation is 3. The van der Waals surface area contributed by atoms with E-state index in [0.717, 1.165) is 6.42 Å². The third-order valence-corrected chi connectivity index (χ3v) is 2.81. The second kappa shape index (κ2) is 7.00. The van der Waals surface area contributed by atoms with Gasteiger partial charge < -0.3 is 0 Å². The number of benzene rings is 2. The Hall–Kier alpha value is -1.56. The van der Waals surface area contributed by atoms with Gasteiger partial charge in [-0.05, 0) is 38.3 Å². The summed E-state index contributed by atoms with van der Waals surface area (Å²) < 4.78 is 0. The summed E-state index contributed by atoms with van der Waals surface area (Å²) in [4.78, 5) is 0. The van der Waals surface area contributed by atoms with E-state index in [1.807, 2.05) is 13.8 Å². The van der Waals surface area contributed by atoms with Gasteiger partial charge in [0.1, 0.15) is 0 Å². The Labute approximate surface area is 112 Å². The van der Waals surface area contributed by atoms with E-state index in [2.05, 4.69) is 63.2 Å². The highest BCUT2D eigenvalue weighted by atomic mass is 14.0. The molecule has 0 saturated heterocycles. The van der Waals surface area contributed by atoms with Crippen molar-refractivity contribution in [3.63, 3.8) is 0 Å². The van der Waals surface area contributed by atoms with Crippen LogP contribution in [0, 0.1) is 20.8 Å². The molecule has 0 aliphatic carbocycles. The second-order valence-corrected chi connectivity index (χ2v) is 4.66. The van der Waals surface area contributed by atoms with E-state index in [9.17, 15) is 0 Å². The largest absolute Gasteiger partial charge is 0.0683 e. The molecule has 2 aromatic rings. The highest BCUT2D eigenvalue weighted by Gasteiger charge is 1.98. The third kappa shape index (κ3) is 4.37. The molecule has 96 valence electrons. The van der Waals surface area contributed by atoms with Crippen LogP contribution in [0.15, 0.2) is 42.5 Å². The van der Waals surface area contributed by atoms with Gasteiger partial charge in [0.05, 0.1) is 0 Å². The van der Waals surface area contributed by atoms with Gasteiger partial charge in [-0.25, -0.2) is 0 Å². The molecule has 0 heteroatoms. The van der Waals surface area contributed by atoms with E-state index >= 15 is 0 Å². The molecule has 0 aliphatic rings. The summed E-state index contributed by atoms with van der Waals surface area (Å²) in [6.45, 7) is 10.4. The average molecular weight is 240 g/mol. The molecule has 0 radical (unpaired) electrons. The Morgan fingerprint density at radius 3 is 1.61 bits per heavy atom. The van der Waals surface area contributed by atoms with E-state index in [0.29, 0.717) is 0 Å². The molecule has 0 nitrogen and oxygen atoms in total. The maximum absolute atomic E-state index is 2.27. The Morgan fingerprint density at radius 2 is 1.11 bits per heavy atom. The lowest BCUT2D eigenvalue weighted by Gasteiger charge is -2.05. The average Bonchev–Trinajstić information content (AvgIpc) is 2.33. The van der Waals surface area contributed by atoms with Gasteiger partial charge in [0.15, 0.2) is 0 Å². The van der Waals surface area contributed by atoms with E-state index in [1.54, 1.807) is 0 Å². The van der Waals surface area contributed by atoms with Crippen LogP contribution < -0.4 is 0 Å². The first-order valence-electron chi connectivity index (χ1n) is 6.76. The van der Waals surface area contributed by atoms with Crippen LogP contribution in [0.1, 0.15) is 41.7 Å². The lowest BCUT2D eigenvalue weighted by molar-refractivity contribution is 1.16. The molecule has 0 atom stereocenters. The van der Waals surface area contributed by atoms with E-state index in [4.69, 9.17) is 0 Å². The third-order valence-electron chi connectivity index (χ3n) is 2.81. The van der Waals surface area contributed by atoms with Gasteiger partial charge >= 0.3 is 0 Å². The maximum atomic E-state index is 2.27. The summed E-state index contributed by atoms with van der Waals surface area (Å²) in [5, 5.41) is 0. The Morgan fingerprint density at radius 1 is 0.611 bits per heavy atom. The molecule has 0 amide bonds. The first kappa shape index (κ1) is 14.5. The fraction of sp³-hybridized carbons (Fsp3) is 0.333. The van der Waals surface area contributed by atoms with E-state index < -0.39 is 0 Å². The van der Waals surface area contributed by atoms with Gasteiger partial charge in [-0.2, -0.15) is 0 Å². The van der Waals surface area contributed by atoms with Crippen molar-refractivity contribution in [3.05, 3.63) is 70.3 Å². The first-order chi connectivity index (χ1) is 8.63. The van der Waals surface area contributed by atoms with Gasteiger partial charge in [-0.3, -0.25) is 0 Å². The van der Waals surface area contributed by atoms with Crippen LogP contribution in [0.2, 0.25) is 0 Å². The minimum atomic E-state index is 1.03. The molecule has 0 aliphatic heterocycles. The molecule has 0 saturated carbocycles. The number of rotatable bonds is 2. The fourth-order valence-corrected chi connectivity index (χ4v) is 2.11. The van der Waals surface area contributed by atoms with Crippen LogP contribution in [-0.4, -0.2) is 0 Å². The van der Waals surface area contributed by atoms with Crippen molar-refractivity contribution in [1.29, 1.82) is 0 Å². The summed E-state index contributed by atoms with van der Waals surface area (Å²) in [5.41, 5.74) is 6.81. The number of hydrogen-bond acceptors (Lipinski definition) is 0. The normalized spacial score (nSPS) is 9.61. The molecule has 0 heterocycles. The van der Waals surface area contributed by atoms with Gasteiger partial charge in [0.25, 0.3) is 0 Å². The first-order valence-corrected chi connectivity index (χ1v) is 6.76. The van der Waals surface area contributed by atoms with Crippen molar-refractivity contribution in [3.8, 4) is 0 Å². The minimum Gasteiger partial charge on any atom is -0.0683 e. The standard InChI is InChI=1S/C16H18.C2H6/c1-12-4-6-15(7-5-12)11-16-9-13(2)8-14(3)10-16;1-2/h4-10H,11H2,1-3H3;1-2H3. The molecule has 0 unspecified atom stereocenters. The predicted molar refractivity (Wildman–Crippen MR) is 81.2 cm³/mol. The topological polar surface area (TPSA) is 0 Å². The zero-order chi connectivity index (χ0) is 13.5. The molecule has 0 aromatic heterocycles. The predicted octanol–water partition coefficient (Wildman–Crippen LogP) is 5.23. The SMILES string of the molecule is CC.Cc1ccc(Cc2cc(C)cc(C)c2)cc1. The Kier molecular flexibility index (Phi) is 5.64. The molecule has 0 N–H and O–H groups in total. The molecule has 0 spiro atoms. The summed E-state index contributed by atoms with van der Waals surface area (Å²) >= 11 is 0. The highest BCUT2D eigenvalue weighted by molar-refractivity contribution is 5.33. The van der Waals surface area contributed by atoms with E-state index in [1.165, 1.54) is 27.8 Å². The highest BCUT2D eigenvalue weighted by Crippen LogP contribution is 2.14. The second-order valence-electron chi connectivity index (χ2n) is 4.66. The van der Waals surface area contributed by atoms with Crippen molar-refractivity contribution >= 4 is 0 Å². The number of hydrogen-bond donors (Lipinski definition) is 0. The zero-order valence-electron chi connectivity index (χ0n) is 12.2. The monoisotopic (exact) mass is 240 g/mol. The lowest BCUT2D eigenvalue weighted by Crippen LogP contribution is -1.90. The van der Waals surface area contributed by atoms with Crippen LogP contribution in [0.3, 0.4) is 0 Å². The van der Waals surface area contributed by atoms with Crippen LogP contribution in [0.5, 0.6) is 0 Å². The summed E-state index contributed by atoms with van der Waals surface area (Å²) in [5.74, 6) is 0. The van der Waals surface area contributed by atoms with Crippen molar-refractivity contribution in [1.82, 2.24) is 0 Å². The minimum absolute atomic E-state index is 1.03. The molecular weight excluding hydrogens is 216 g/mol. The fourth-order valence-electron chi connectivity index (χ4n) is 2.11. The van der Waals surface area contributed by atoms with Crippen molar-refractivity contribution in [2.24, 2.45) is 0 Å². The van der Waals surface area contributed by atoms with Crippen LogP contribution in [0.4, 0.5) is 0 Å². The molecule has 0 fully saturated rings. The molecular formula is C18H24. The van der Waals surface area contributed by atoms with Gasteiger partial charge in [0.2, 0.25) is 0 Å². The van der Waals surface area contributed by atoms with Crippen molar-refractivity contribution in [2.75, 3.05) is 0 Å². The molecule has 2 aromatic carbocycles. The van der Waals surface area contributed by atoms with Gasteiger partial charge in [0, 0.05) is 0 Å². The summed E-state index contributed by atoms with van der Waals surface area (Å²) in [6.07, 6.45) is 1.03. The maximum Gasteiger partial charge on any atom is -0.00256 e. The van der Waals surface area contributed by atoms with Gasteiger partial charge in [-0.1, -0.05) is 73.0 Å². The summed E-state index contributed by atoms with van der Waals surface area (Å²) in [6, 6.07) is 15.5. The van der Waals surface area contributed by atoms with Crippen LogP contribution >= 0.6 is 0 Å². The van der Waals surface area contributed by atoms with Crippen LogP contribution in [-0.2, 0) is 6.42 Å². The lowest BCUT2D eigenvalue weighted by atomic mass is 10.0. The van der Waals surface area contributed by atoms with Crippen LogP contribution in [0.25, 0.3) is 0 Å². The van der Waals surface area contributed by atoms with Gasteiger partial charge in [-0.15, -0.1) is 0 Å². The quantitative estimate of drug-likeness (QED) is 0.674. The smallest absolute Gasteiger partial charge is 0.00256 e.